The molecule has 2 rings (SSSR count). The molecule has 1 aromatic carbocycles. The fourth-order valence-electron chi connectivity index (χ4n) is 1.87. The maximum Gasteiger partial charge on any atom is 0.147 e. The number of anilines is 1. The normalized spacial score (nSPS) is 15.7. The van der Waals surface area contributed by atoms with Gasteiger partial charge in [-0.1, -0.05) is 6.58 Å². The first kappa shape index (κ1) is 13.9. The number of nitrogens with two attached hydrogens (primary N) is 1. The van der Waals surface area contributed by atoms with Crippen molar-refractivity contribution in [2.24, 2.45) is 5.73 Å². The van der Waals surface area contributed by atoms with E-state index in [1.807, 2.05) is 24.9 Å². The van der Waals surface area contributed by atoms with Gasteiger partial charge in [0.15, 0.2) is 0 Å². The van der Waals surface area contributed by atoms with E-state index in [0.717, 1.165) is 14.8 Å². The Morgan fingerprint density at radius 2 is 2.11 bits per heavy atom. The highest BCUT2D eigenvalue weighted by Gasteiger charge is 2.18. The van der Waals surface area contributed by atoms with Crippen LogP contribution in [0.25, 0.3) is 0 Å². The molecule has 1 aromatic rings. The third kappa shape index (κ3) is 2.75. The molecule has 1 aliphatic heterocycles. The molecule has 0 spiro atoms. The molecule has 0 aliphatic carbocycles. The van der Waals surface area contributed by atoms with Gasteiger partial charge in [-0.3, -0.25) is 0 Å². The lowest BCUT2D eigenvalue weighted by molar-refractivity contribution is 0.565. The monoisotopic (exact) mass is 371 g/mol. The quantitative estimate of drug-likeness (QED) is 0.784. The smallest absolute Gasteiger partial charge is 0.147 e. The van der Waals surface area contributed by atoms with E-state index in [4.69, 9.17) is 5.73 Å². The van der Waals surface area contributed by atoms with Crippen LogP contribution in [0.3, 0.4) is 0 Å². The maximum absolute atomic E-state index is 13.9. The summed E-state index contributed by atoms with van der Waals surface area (Å²) < 4.78 is 14.7. The molecule has 5 heteroatoms. The Balaban J connectivity index is 2.37. The van der Waals surface area contributed by atoms with Crippen molar-refractivity contribution in [3.05, 3.63) is 63.0 Å². The third-order valence-corrected chi connectivity index (χ3v) is 3.72. The standard InChI is InChI=1S/C14H15FIN3/c1-8-9(2)19(3)7-12(17)14(8)18-13-5-4-10(16)6-11(13)15/h4-7,18H,2,17H2,1,3H3. The minimum Gasteiger partial charge on any atom is -0.396 e. The molecule has 0 saturated carbocycles. The summed E-state index contributed by atoms with van der Waals surface area (Å²) >= 11 is 2.07. The third-order valence-electron chi connectivity index (χ3n) is 3.05. The van der Waals surface area contributed by atoms with Crippen molar-refractivity contribution in [1.29, 1.82) is 0 Å². The predicted octanol–water partition coefficient (Wildman–Crippen LogP) is 3.38. The first-order chi connectivity index (χ1) is 8.90. The number of halogens is 2. The molecule has 0 bridgehead atoms. The van der Waals surface area contributed by atoms with Crippen LogP contribution < -0.4 is 11.1 Å². The largest absolute Gasteiger partial charge is 0.396 e. The van der Waals surface area contributed by atoms with E-state index < -0.39 is 0 Å². The topological polar surface area (TPSA) is 41.3 Å². The molecule has 1 aliphatic rings. The van der Waals surface area contributed by atoms with E-state index in [1.54, 1.807) is 12.3 Å². The van der Waals surface area contributed by atoms with E-state index in [0.29, 0.717) is 17.1 Å². The Bertz CT molecular complexity index is 605. The lowest BCUT2D eigenvalue weighted by atomic mass is 10.1. The van der Waals surface area contributed by atoms with Crippen LogP contribution in [-0.4, -0.2) is 11.9 Å². The summed E-state index contributed by atoms with van der Waals surface area (Å²) in [6.45, 7) is 5.88. The fourth-order valence-corrected chi connectivity index (χ4v) is 2.32. The van der Waals surface area contributed by atoms with Gasteiger partial charge < -0.3 is 16.0 Å². The zero-order valence-corrected chi connectivity index (χ0v) is 13.0. The summed E-state index contributed by atoms with van der Waals surface area (Å²) in [4.78, 5) is 1.85. The van der Waals surface area contributed by atoms with Gasteiger partial charge in [0.2, 0.25) is 0 Å². The highest BCUT2D eigenvalue weighted by molar-refractivity contribution is 14.1. The Morgan fingerprint density at radius 3 is 2.74 bits per heavy atom. The number of benzene rings is 1. The molecule has 0 amide bonds. The summed E-state index contributed by atoms with van der Waals surface area (Å²) in [5.41, 5.74) is 9.39. The zero-order chi connectivity index (χ0) is 14.2. The average molecular weight is 371 g/mol. The van der Waals surface area contributed by atoms with Crippen LogP contribution in [0.15, 0.2) is 53.6 Å². The van der Waals surface area contributed by atoms with Gasteiger partial charge >= 0.3 is 0 Å². The fraction of sp³-hybridized carbons (Fsp3) is 0.143. The Hall–Kier alpha value is -1.50. The molecule has 3 nitrogen and oxygen atoms in total. The van der Waals surface area contributed by atoms with Crippen molar-refractivity contribution in [3.8, 4) is 0 Å². The first-order valence-corrected chi connectivity index (χ1v) is 6.80. The van der Waals surface area contributed by atoms with Crippen molar-refractivity contribution in [2.45, 2.75) is 6.92 Å². The van der Waals surface area contributed by atoms with Crippen molar-refractivity contribution >= 4 is 28.3 Å². The maximum atomic E-state index is 13.9. The van der Waals surface area contributed by atoms with Crippen LogP contribution >= 0.6 is 22.6 Å². The van der Waals surface area contributed by atoms with Crippen LogP contribution in [0.5, 0.6) is 0 Å². The second kappa shape index (κ2) is 5.24. The highest BCUT2D eigenvalue weighted by atomic mass is 127. The van der Waals surface area contributed by atoms with Gasteiger partial charge in [0.1, 0.15) is 5.82 Å². The van der Waals surface area contributed by atoms with Crippen molar-refractivity contribution in [3.63, 3.8) is 0 Å². The van der Waals surface area contributed by atoms with Crippen molar-refractivity contribution in [1.82, 2.24) is 4.90 Å². The second-order valence-electron chi connectivity index (χ2n) is 4.39. The molecule has 100 valence electrons. The highest BCUT2D eigenvalue weighted by Crippen LogP contribution is 2.28. The first-order valence-electron chi connectivity index (χ1n) is 5.73. The molecule has 0 saturated heterocycles. The molecule has 0 fully saturated rings. The van der Waals surface area contributed by atoms with E-state index in [-0.39, 0.29) is 5.82 Å². The average Bonchev–Trinajstić information content (AvgIpc) is 2.34. The summed E-state index contributed by atoms with van der Waals surface area (Å²) in [5.74, 6) is -0.301. The van der Waals surface area contributed by atoms with Gasteiger partial charge in [-0.2, -0.15) is 0 Å². The molecule has 0 unspecified atom stereocenters. The molecular weight excluding hydrogens is 356 g/mol. The van der Waals surface area contributed by atoms with E-state index >= 15 is 0 Å². The SMILES string of the molecule is C=C1C(C)=C(Nc2ccc(I)cc2F)C(N)=CN1C. The number of hydrogen-bond acceptors (Lipinski definition) is 3. The van der Waals surface area contributed by atoms with Crippen LogP contribution in [0.1, 0.15) is 6.92 Å². The summed E-state index contributed by atoms with van der Waals surface area (Å²) in [6, 6.07) is 5.01. The number of rotatable bonds is 2. The van der Waals surface area contributed by atoms with Gasteiger partial charge in [0, 0.05) is 22.5 Å². The van der Waals surface area contributed by atoms with Gasteiger partial charge in [0.25, 0.3) is 0 Å². The lowest BCUT2D eigenvalue weighted by Crippen LogP contribution is -2.24. The molecule has 3 N–H and O–H groups in total. The molecule has 0 radical (unpaired) electrons. The predicted molar refractivity (Wildman–Crippen MR) is 84.6 cm³/mol. The second-order valence-corrected chi connectivity index (χ2v) is 5.64. The Morgan fingerprint density at radius 1 is 1.42 bits per heavy atom. The van der Waals surface area contributed by atoms with Gasteiger partial charge in [-0.15, -0.1) is 0 Å². The molecular formula is C14H15FIN3. The van der Waals surface area contributed by atoms with E-state index in [2.05, 4.69) is 34.5 Å². The van der Waals surface area contributed by atoms with Crippen LogP contribution in [0.2, 0.25) is 0 Å². The van der Waals surface area contributed by atoms with Crippen LogP contribution in [0, 0.1) is 9.39 Å². The number of likely N-dealkylation sites (N-methyl/N-ethyl adjacent to an activating group) is 1. The zero-order valence-electron chi connectivity index (χ0n) is 10.8. The molecule has 0 aromatic heterocycles. The Labute approximate surface area is 125 Å². The number of nitrogens with one attached hydrogen (secondary N) is 1. The summed E-state index contributed by atoms with van der Waals surface area (Å²) in [5, 5.41) is 3.05. The lowest BCUT2D eigenvalue weighted by Gasteiger charge is -2.27. The minimum atomic E-state index is -0.301. The van der Waals surface area contributed by atoms with Crippen LogP contribution in [0.4, 0.5) is 10.1 Å². The Kier molecular flexibility index (Phi) is 3.84. The molecule has 0 atom stereocenters. The minimum absolute atomic E-state index is 0.301. The molecule has 1 heterocycles. The van der Waals surface area contributed by atoms with Crippen LogP contribution in [-0.2, 0) is 0 Å². The number of allylic oxidation sites excluding steroid dienone is 1. The van der Waals surface area contributed by atoms with Gasteiger partial charge in [-0.05, 0) is 53.3 Å². The summed E-state index contributed by atoms with van der Waals surface area (Å²) in [7, 11) is 1.88. The van der Waals surface area contributed by atoms with Crippen molar-refractivity contribution in [2.75, 3.05) is 12.4 Å². The van der Waals surface area contributed by atoms with Gasteiger partial charge in [0.05, 0.1) is 17.1 Å². The number of nitrogens with zero attached hydrogens (tertiary/aromatic N) is 1. The van der Waals surface area contributed by atoms with E-state index in [1.165, 1.54) is 6.07 Å². The van der Waals surface area contributed by atoms with Gasteiger partial charge in [-0.25, -0.2) is 4.39 Å². The molecule has 19 heavy (non-hydrogen) atoms. The van der Waals surface area contributed by atoms with Crippen molar-refractivity contribution < 1.29 is 4.39 Å². The van der Waals surface area contributed by atoms with E-state index in [9.17, 15) is 4.39 Å². The number of hydrogen-bond donors (Lipinski definition) is 2. The summed E-state index contributed by atoms with van der Waals surface area (Å²) in [6.07, 6.45) is 1.77.